The molecule has 0 saturated heterocycles. The van der Waals surface area contributed by atoms with Crippen LogP contribution in [0.4, 0.5) is 11.4 Å². The first-order chi connectivity index (χ1) is 13.0. The second kappa shape index (κ2) is 10.5. The number of rotatable bonds is 9. The van der Waals surface area contributed by atoms with Crippen LogP contribution >= 0.6 is 11.8 Å². The molecule has 0 aliphatic heterocycles. The number of anilines is 2. The van der Waals surface area contributed by atoms with E-state index in [0.29, 0.717) is 18.0 Å². The maximum atomic E-state index is 12.3. The van der Waals surface area contributed by atoms with Gasteiger partial charge in [0.25, 0.3) is 0 Å². The molecule has 0 saturated carbocycles. The zero-order valence-corrected chi connectivity index (χ0v) is 16.5. The Kier molecular flexibility index (Phi) is 8.00. The van der Waals surface area contributed by atoms with Crippen molar-refractivity contribution in [1.82, 2.24) is 0 Å². The number of carbonyl (C=O) groups is 2. The number of ether oxygens (including phenoxy) is 2. The van der Waals surface area contributed by atoms with Crippen LogP contribution in [-0.4, -0.2) is 36.5 Å². The minimum Gasteiger partial charge on any atom is -0.497 e. The normalized spacial score (nSPS) is 11.4. The summed E-state index contributed by atoms with van der Waals surface area (Å²) in [4.78, 5) is 24.3. The van der Waals surface area contributed by atoms with Gasteiger partial charge in [-0.3, -0.25) is 9.59 Å². The Bertz CT molecular complexity index is 748. The maximum absolute atomic E-state index is 12.3. The molecule has 1 unspecified atom stereocenters. The highest BCUT2D eigenvalue weighted by Gasteiger charge is 2.15. The highest BCUT2D eigenvalue weighted by molar-refractivity contribution is 8.01. The molecule has 0 aliphatic carbocycles. The Balaban J connectivity index is 1.76. The molecule has 144 valence electrons. The van der Waals surface area contributed by atoms with Gasteiger partial charge >= 0.3 is 0 Å². The van der Waals surface area contributed by atoms with Gasteiger partial charge in [0.1, 0.15) is 11.5 Å². The predicted molar refractivity (Wildman–Crippen MR) is 110 cm³/mol. The van der Waals surface area contributed by atoms with Gasteiger partial charge in [0.15, 0.2) is 0 Å². The first-order valence-corrected chi connectivity index (χ1v) is 9.66. The van der Waals surface area contributed by atoms with Crippen molar-refractivity contribution in [2.75, 3.05) is 30.1 Å². The molecule has 0 bridgehead atoms. The second-order valence-corrected chi connectivity index (χ2v) is 7.01. The minimum atomic E-state index is -0.363. The fraction of sp³-hybridized carbons (Fsp3) is 0.300. The van der Waals surface area contributed by atoms with E-state index in [1.807, 2.05) is 6.92 Å². The molecule has 2 aromatic carbocycles. The van der Waals surface area contributed by atoms with E-state index in [1.54, 1.807) is 62.6 Å². The van der Waals surface area contributed by atoms with E-state index in [2.05, 4.69) is 10.6 Å². The number of nitrogens with one attached hydrogen (secondary N) is 2. The molecule has 0 fully saturated rings. The third kappa shape index (κ3) is 6.86. The van der Waals surface area contributed by atoms with E-state index in [1.165, 1.54) is 11.8 Å². The molecule has 7 heteroatoms. The summed E-state index contributed by atoms with van der Waals surface area (Å²) in [5.41, 5.74) is 1.38. The van der Waals surface area contributed by atoms with Gasteiger partial charge in [-0.25, -0.2) is 0 Å². The van der Waals surface area contributed by atoms with Gasteiger partial charge in [0.05, 0.1) is 24.7 Å². The van der Waals surface area contributed by atoms with Crippen molar-refractivity contribution in [3.8, 4) is 11.5 Å². The number of amides is 2. The monoisotopic (exact) mass is 388 g/mol. The SMILES string of the molecule is CCOc1ccc(NC(=O)C(C)SCC(=O)Nc2ccc(OC)cc2)cc1. The standard InChI is InChI=1S/C20H24N2O4S/c1-4-26-18-11-7-16(8-12-18)22-20(24)14(2)27-13-19(23)21-15-5-9-17(25-3)10-6-15/h5-12,14H,4,13H2,1-3H3,(H,21,23)(H,22,24). The lowest BCUT2D eigenvalue weighted by Crippen LogP contribution is -2.25. The number of methoxy groups -OCH3 is 1. The van der Waals surface area contributed by atoms with Gasteiger partial charge in [-0.15, -0.1) is 11.8 Å². The summed E-state index contributed by atoms with van der Waals surface area (Å²) >= 11 is 1.28. The third-order valence-electron chi connectivity index (χ3n) is 3.64. The second-order valence-electron chi connectivity index (χ2n) is 5.68. The maximum Gasteiger partial charge on any atom is 0.237 e. The van der Waals surface area contributed by atoms with Crippen LogP contribution in [0.25, 0.3) is 0 Å². The molecule has 2 amide bonds. The van der Waals surface area contributed by atoms with Crippen molar-refractivity contribution in [1.29, 1.82) is 0 Å². The molecule has 0 radical (unpaired) electrons. The van der Waals surface area contributed by atoms with Crippen LogP contribution in [0.15, 0.2) is 48.5 Å². The molecular weight excluding hydrogens is 364 g/mol. The van der Waals surface area contributed by atoms with E-state index in [-0.39, 0.29) is 22.8 Å². The summed E-state index contributed by atoms with van der Waals surface area (Å²) in [7, 11) is 1.59. The summed E-state index contributed by atoms with van der Waals surface area (Å²) in [6.45, 7) is 4.28. The van der Waals surface area contributed by atoms with Gasteiger partial charge in [-0.2, -0.15) is 0 Å². The summed E-state index contributed by atoms with van der Waals surface area (Å²) in [5.74, 6) is 1.35. The number of hydrogen-bond acceptors (Lipinski definition) is 5. The van der Waals surface area contributed by atoms with Crippen molar-refractivity contribution < 1.29 is 19.1 Å². The highest BCUT2D eigenvalue weighted by Crippen LogP contribution is 2.19. The molecule has 6 nitrogen and oxygen atoms in total. The van der Waals surface area contributed by atoms with Gasteiger partial charge < -0.3 is 20.1 Å². The minimum absolute atomic E-state index is 0.151. The number of thioether (sulfide) groups is 1. The van der Waals surface area contributed by atoms with Crippen LogP contribution in [0, 0.1) is 0 Å². The molecule has 2 N–H and O–H groups in total. The van der Waals surface area contributed by atoms with E-state index < -0.39 is 0 Å². The Morgan fingerprint density at radius 1 is 0.963 bits per heavy atom. The predicted octanol–water partition coefficient (Wildman–Crippen LogP) is 3.79. The molecule has 2 rings (SSSR count). The molecule has 1 atom stereocenters. The number of hydrogen-bond donors (Lipinski definition) is 2. The molecule has 0 aliphatic rings. The van der Waals surface area contributed by atoms with E-state index in [9.17, 15) is 9.59 Å². The largest absolute Gasteiger partial charge is 0.497 e. The molecule has 27 heavy (non-hydrogen) atoms. The van der Waals surface area contributed by atoms with Crippen molar-refractivity contribution in [2.24, 2.45) is 0 Å². The quantitative estimate of drug-likeness (QED) is 0.683. The van der Waals surface area contributed by atoms with Crippen LogP contribution in [-0.2, 0) is 9.59 Å². The Labute approximate surface area is 163 Å². The lowest BCUT2D eigenvalue weighted by atomic mass is 10.3. The van der Waals surface area contributed by atoms with E-state index in [0.717, 1.165) is 11.5 Å². The van der Waals surface area contributed by atoms with Gasteiger partial charge in [-0.1, -0.05) is 0 Å². The van der Waals surface area contributed by atoms with E-state index in [4.69, 9.17) is 9.47 Å². The fourth-order valence-electron chi connectivity index (χ4n) is 2.19. The number of carbonyl (C=O) groups excluding carboxylic acids is 2. The summed E-state index contributed by atoms with van der Waals surface area (Å²) in [6.07, 6.45) is 0. The van der Waals surface area contributed by atoms with Crippen molar-refractivity contribution in [3.63, 3.8) is 0 Å². The molecular formula is C20H24N2O4S. The van der Waals surface area contributed by atoms with Crippen LogP contribution in [0.1, 0.15) is 13.8 Å². The fourth-order valence-corrected chi connectivity index (χ4v) is 2.88. The summed E-state index contributed by atoms with van der Waals surface area (Å²) < 4.78 is 10.5. The number of benzene rings is 2. The van der Waals surface area contributed by atoms with Crippen molar-refractivity contribution >= 4 is 35.0 Å². The van der Waals surface area contributed by atoms with Crippen molar-refractivity contribution in [2.45, 2.75) is 19.1 Å². The average Bonchev–Trinajstić information content (AvgIpc) is 2.68. The lowest BCUT2D eigenvalue weighted by Gasteiger charge is -2.13. The Morgan fingerprint density at radius 3 is 2.07 bits per heavy atom. The Morgan fingerprint density at radius 2 is 1.52 bits per heavy atom. The molecule has 2 aromatic rings. The first kappa shape index (κ1) is 20.6. The summed E-state index contributed by atoms with van der Waals surface area (Å²) in [6, 6.07) is 14.3. The van der Waals surface area contributed by atoms with Gasteiger partial charge in [0.2, 0.25) is 11.8 Å². The molecule has 0 spiro atoms. The average molecular weight is 388 g/mol. The van der Waals surface area contributed by atoms with Crippen LogP contribution in [0.2, 0.25) is 0 Å². The van der Waals surface area contributed by atoms with Gasteiger partial charge in [-0.05, 0) is 62.4 Å². The smallest absolute Gasteiger partial charge is 0.237 e. The summed E-state index contributed by atoms with van der Waals surface area (Å²) in [5, 5.41) is 5.27. The molecule has 0 aromatic heterocycles. The van der Waals surface area contributed by atoms with Crippen LogP contribution < -0.4 is 20.1 Å². The lowest BCUT2D eigenvalue weighted by molar-refractivity contribution is -0.115. The molecule has 0 heterocycles. The topological polar surface area (TPSA) is 76.7 Å². The van der Waals surface area contributed by atoms with E-state index >= 15 is 0 Å². The third-order valence-corrected chi connectivity index (χ3v) is 4.78. The van der Waals surface area contributed by atoms with Crippen molar-refractivity contribution in [3.05, 3.63) is 48.5 Å². The van der Waals surface area contributed by atoms with Gasteiger partial charge in [0, 0.05) is 11.4 Å². The zero-order valence-electron chi connectivity index (χ0n) is 15.7. The van der Waals surface area contributed by atoms with Crippen LogP contribution in [0.5, 0.6) is 11.5 Å². The van der Waals surface area contributed by atoms with Crippen LogP contribution in [0.3, 0.4) is 0 Å². The highest BCUT2D eigenvalue weighted by atomic mass is 32.2. The zero-order chi connectivity index (χ0) is 19.6. The Hall–Kier alpha value is -2.67. The first-order valence-electron chi connectivity index (χ1n) is 8.61.